The molecule has 0 fully saturated rings. The third-order valence-electron chi connectivity index (χ3n) is 3.26. The maximum Gasteiger partial charge on any atom is 0.319 e. The van der Waals surface area contributed by atoms with Crippen LogP contribution in [0.25, 0.3) is 6.08 Å². The van der Waals surface area contributed by atoms with Crippen molar-refractivity contribution in [1.82, 2.24) is 16.0 Å². The van der Waals surface area contributed by atoms with Crippen molar-refractivity contribution < 1.29 is 14.4 Å². The number of allylic oxidation sites excluding steroid dienone is 1. The molecule has 1 aromatic carbocycles. The van der Waals surface area contributed by atoms with Crippen molar-refractivity contribution in [3.8, 4) is 0 Å². The Labute approximate surface area is 128 Å². The summed E-state index contributed by atoms with van der Waals surface area (Å²) < 4.78 is 0. The average molecular weight is 299 g/mol. The van der Waals surface area contributed by atoms with Gasteiger partial charge in [-0.15, -0.1) is 0 Å². The Balaban J connectivity index is 2.26. The number of ketones is 1. The SMILES string of the molecule is CNC(=O)C1=C(C)NC(=O)NC1C(=O)/C=C/c1ccccc1. The third-order valence-corrected chi connectivity index (χ3v) is 3.26. The predicted molar refractivity (Wildman–Crippen MR) is 82.7 cm³/mol. The molecular formula is C16H17N3O3. The molecule has 0 bridgehead atoms. The summed E-state index contributed by atoms with van der Waals surface area (Å²) in [6, 6.07) is 7.80. The number of hydrogen-bond donors (Lipinski definition) is 3. The van der Waals surface area contributed by atoms with Crippen molar-refractivity contribution in [2.24, 2.45) is 0 Å². The molecule has 0 aromatic heterocycles. The van der Waals surface area contributed by atoms with Crippen molar-refractivity contribution in [3.05, 3.63) is 53.2 Å². The van der Waals surface area contributed by atoms with Gasteiger partial charge in [-0.1, -0.05) is 36.4 Å². The summed E-state index contributed by atoms with van der Waals surface area (Å²) in [5, 5.41) is 7.45. The monoisotopic (exact) mass is 299 g/mol. The van der Waals surface area contributed by atoms with Gasteiger partial charge in [0.2, 0.25) is 0 Å². The Morgan fingerprint density at radius 1 is 1.23 bits per heavy atom. The van der Waals surface area contributed by atoms with Crippen LogP contribution in [0.15, 0.2) is 47.7 Å². The van der Waals surface area contributed by atoms with Crippen LogP contribution in [0.3, 0.4) is 0 Å². The minimum Gasteiger partial charge on any atom is -0.355 e. The minimum absolute atomic E-state index is 0.213. The lowest BCUT2D eigenvalue weighted by Gasteiger charge is -2.26. The maximum absolute atomic E-state index is 12.3. The van der Waals surface area contributed by atoms with Crippen LogP contribution in [-0.2, 0) is 9.59 Å². The maximum atomic E-state index is 12.3. The van der Waals surface area contributed by atoms with Crippen LogP contribution in [-0.4, -0.2) is 30.8 Å². The summed E-state index contributed by atoms with van der Waals surface area (Å²) in [6.07, 6.45) is 3.01. The Bertz CT molecular complexity index is 662. The lowest BCUT2D eigenvalue weighted by molar-refractivity contribution is -0.120. The number of rotatable bonds is 4. The van der Waals surface area contributed by atoms with Crippen LogP contribution < -0.4 is 16.0 Å². The van der Waals surface area contributed by atoms with Crippen molar-refractivity contribution in [2.75, 3.05) is 7.05 Å². The number of amides is 3. The van der Waals surface area contributed by atoms with Gasteiger partial charge in [0, 0.05) is 12.7 Å². The van der Waals surface area contributed by atoms with Gasteiger partial charge in [-0.05, 0) is 18.6 Å². The van der Waals surface area contributed by atoms with E-state index in [1.807, 2.05) is 30.3 Å². The summed E-state index contributed by atoms with van der Waals surface area (Å²) in [7, 11) is 1.47. The molecule has 1 aliphatic heterocycles. The van der Waals surface area contributed by atoms with Crippen molar-refractivity contribution in [2.45, 2.75) is 13.0 Å². The van der Waals surface area contributed by atoms with Gasteiger partial charge in [-0.25, -0.2) is 4.79 Å². The van der Waals surface area contributed by atoms with Gasteiger partial charge in [0.25, 0.3) is 5.91 Å². The zero-order chi connectivity index (χ0) is 16.1. The van der Waals surface area contributed by atoms with Crippen molar-refractivity contribution in [3.63, 3.8) is 0 Å². The highest BCUT2D eigenvalue weighted by molar-refractivity contribution is 6.10. The number of carbonyl (C=O) groups excluding carboxylic acids is 3. The van der Waals surface area contributed by atoms with Gasteiger partial charge in [-0.3, -0.25) is 9.59 Å². The van der Waals surface area contributed by atoms with E-state index in [2.05, 4.69) is 16.0 Å². The second kappa shape index (κ2) is 6.71. The molecule has 3 N–H and O–H groups in total. The summed E-state index contributed by atoms with van der Waals surface area (Å²) in [4.78, 5) is 35.8. The zero-order valence-corrected chi connectivity index (χ0v) is 12.3. The average Bonchev–Trinajstić information content (AvgIpc) is 2.52. The molecule has 0 saturated heterocycles. The molecule has 1 aliphatic rings. The lowest BCUT2D eigenvalue weighted by Crippen LogP contribution is -2.54. The van der Waals surface area contributed by atoms with E-state index in [1.54, 1.807) is 13.0 Å². The Hall–Kier alpha value is -2.89. The smallest absolute Gasteiger partial charge is 0.319 e. The van der Waals surface area contributed by atoms with Crippen molar-refractivity contribution in [1.29, 1.82) is 0 Å². The van der Waals surface area contributed by atoms with Crippen LogP contribution in [0.1, 0.15) is 12.5 Å². The molecule has 1 aromatic rings. The molecule has 1 heterocycles. The molecule has 6 heteroatoms. The summed E-state index contributed by atoms with van der Waals surface area (Å²) in [5.41, 5.74) is 1.44. The number of hydrogen-bond acceptors (Lipinski definition) is 3. The first-order valence-electron chi connectivity index (χ1n) is 6.80. The van der Waals surface area contributed by atoms with Gasteiger partial charge >= 0.3 is 6.03 Å². The summed E-state index contributed by atoms with van der Waals surface area (Å²) >= 11 is 0. The van der Waals surface area contributed by atoms with E-state index in [-0.39, 0.29) is 11.4 Å². The standard InChI is InChI=1S/C16H17N3O3/c1-10-13(15(21)17-2)14(19-16(22)18-10)12(20)9-8-11-6-4-3-5-7-11/h3-9,14H,1-2H3,(H,17,21)(H2,18,19,22)/b9-8+. The van der Waals surface area contributed by atoms with E-state index >= 15 is 0 Å². The molecular weight excluding hydrogens is 282 g/mol. The quantitative estimate of drug-likeness (QED) is 0.724. The van der Waals surface area contributed by atoms with Gasteiger partial charge in [0.05, 0.1) is 5.57 Å². The first-order chi connectivity index (χ1) is 10.5. The molecule has 0 spiro atoms. The predicted octanol–water partition coefficient (Wildman–Crippen LogP) is 0.970. The highest BCUT2D eigenvalue weighted by Crippen LogP contribution is 2.14. The van der Waals surface area contributed by atoms with Gasteiger partial charge in [0.15, 0.2) is 5.78 Å². The van der Waals surface area contributed by atoms with Crippen LogP contribution >= 0.6 is 0 Å². The number of nitrogens with one attached hydrogen (secondary N) is 3. The van der Waals surface area contributed by atoms with Gasteiger partial charge < -0.3 is 16.0 Å². The van der Waals surface area contributed by atoms with Crippen LogP contribution in [0.4, 0.5) is 4.79 Å². The van der Waals surface area contributed by atoms with Gasteiger partial charge in [0.1, 0.15) is 6.04 Å². The molecule has 3 amide bonds. The molecule has 0 radical (unpaired) electrons. The van der Waals surface area contributed by atoms with Gasteiger partial charge in [-0.2, -0.15) is 0 Å². The third kappa shape index (κ3) is 3.41. The summed E-state index contributed by atoms with van der Waals surface area (Å²) in [6.45, 7) is 1.59. The molecule has 0 saturated carbocycles. The first-order valence-corrected chi connectivity index (χ1v) is 6.80. The molecule has 0 aliphatic carbocycles. The van der Waals surface area contributed by atoms with Crippen LogP contribution in [0.5, 0.6) is 0 Å². The molecule has 22 heavy (non-hydrogen) atoms. The largest absolute Gasteiger partial charge is 0.355 e. The van der Waals surface area contributed by atoms with E-state index < -0.39 is 18.0 Å². The molecule has 1 atom stereocenters. The topological polar surface area (TPSA) is 87.3 Å². The highest BCUT2D eigenvalue weighted by atomic mass is 16.2. The molecule has 1 unspecified atom stereocenters. The minimum atomic E-state index is -0.992. The number of urea groups is 1. The van der Waals surface area contributed by atoms with E-state index in [4.69, 9.17) is 0 Å². The Morgan fingerprint density at radius 2 is 1.91 bits per heavy atom. The fourth-order valence-electron chi connectivity index (χ4n) is 2.18. The summed E-state index contributed by atoms with van der Waals surface area (Å²) in [5.74, 6) is -0.770. The molecule has 6 nitrogen and oxygen atoms in total. The van der Waals surface area contributed by atoms with Crippen LogP contribution in [0.2, 0.25) is 0 Å². The van der Waals surface area contributed by atoms with E-state index in [0.29, 0.717) is 5.70 Å². The molecule has 2 rings (SSSR count). The fourth-order valence-corrected chi connectivity index (χ4v) is 2.18. The first kappa shape index (κ1) is 15.5. The van der Waals surface area contributed by atoms with E-state index in [0.717, 1.165) is 5.56 Å². The van der Waals surface area contributed by atoms with Crippen molar-refractivity contribution >= 4 is 23.8 Å². The molecule has 114 valence electrons. The second-order valence-electron chi connectivity index (χ2n) is 4.80. The number of benzene rings is 1. The number of carbonyl (C=O) groups is 3. The van der Waals surface area contributed by atoms with E-state index in [9.17, 15) is 14.4 Å². The number of likely N-dealkylation sites (N-methyl/N-ethyl adjacent to an activating group) is 1. The second-order valence-corrected chi connectivity index (χ2v) is 4.80. The zero-order valence-electron chi connectivity index (χ0n) is 12.3. The lowest BCUT2D eigenvalue weighted by atomic mass is 9.97. The Morgan fingerprint density at radius 3 is 2.55 bits per heavy atom. The Kier molecular flexibility index (Phi) is 4.73. The van der Waals surface area contributed by atoms with Crippen LogP contribution in [0, 0.1) is 0 Å². The highest BCUT2D eigenvalue weighted by Gasteiger charge is 2.33. The van der Waals surface area contributed by atoms with E-state index in [1.165, 1.54) is 13.1 Å². The normalized spacial score (nSPS) is 17.9. The fraction of sp³-hybridized carbons (Fsp3) is 0.188.